The zero-order chi connectivity index (χ0) is 22.4. The number of aromatic nitrogens is 1. The van der Waals surface area contributed by atoms with E-state index in [1.807, 2.05) is 0 Å². The molecule has 6 rings (SSSR count). The summed E-state index contributed by atoms with van der Waals surface area (Å²) in [5, 5.41) is 2.51. The van der Waals surface area contributed by atoms with Crippen molar-refractivity contribution in [1.82, 2.24) is 4.57 Å². The van der Waals surface area contributed by atoms with Crippen molar-refractivity contribution in [2.45, 2.75) is 6.92 Å². The van der Waals surface area contributed by atoms with E-state index < -0.39 is 0 Å². The first kappa shape index (κ1) is 19.4. The fraction of sp³-hybridized carbons (Fsp3) is 0.0323. The van der Waals surface area contributed by atoms with E-state index in [-0.39, 0.29) is 0 Å². The molecule has 0 fully saturated rings. The Labute approximate surface area is 194 Å². The molecule has 2 nitrogen and oxygen atoms in total. The molecule has 0 unspecified atom stereocenters. The molecule has 0 amide bonds. The number of nitrogens with zero attached hydrogens (tertiary/aromatic N) is 2. The van der Waals surface area contributed by atoms with Crippen LogP contribution in [0.25, 0.3) is 33.1 Å². The Kier molecular flexibility index (Phi) is 4.51. The van der Waals surface area contributed by atoms with Crippen molar-refractivity contribution in [1.29, 1.82) is 0 Å². The lowest BCUT2D eigenvalue weighted by Crippen LogP contribution is -2.12. The molecule has 2 heteroatoms. The van der Waals surface area contributed by atoms with E-state index in [4.69, 9.17) is 0 Å². The van der Waals surface area contributed by atoms with Crippen molar-refractivity contribution in [3.05, 3.63) is 133 Å². The van der Waals surface area contributed by atoms with Gasteiger partial charge in [0.25, 0.3) is 0 Å². The van der Waals surface area contributed by atoms with Crippen LogP contribution in [0.15, 0.2) is 122 Å². The summed E-state index contributed by atoms with van der Waals surface area (Å²) in [5.41, 5.74) is 9.08. The van der Waals surface area contributed by atoms with E-state index in [0.29, 0.717) is 0 Å². The van der Waals surface area contributed by atoms with Crippen molar-refractivity contribution in [3.63, 3.8) is 0 Å². The first-order valence-corrected chi connectivity index (χ1v) is 11.2. The quantitative estimate of drug-likeness (QED) is 0.276. The highest BCUT2D eigenvalue weighted by Gasteiger charge is 2.18. The van der Waals surface area contributed by atoms with E-state index in [1.54, 1.807) is 0 Å². The van der Waals surface area contributed by atoms with Gasteiger partial charge in [0.2, 0.25) is 0 Å². The number of allylic oxidation sites excluding steroid dienone is 4. The third-order valence-corrected chi connectivity index (χ3v) is 6.34. The monoisotopic (exact) mass is 424 g/mol. The van der Waals surface area contributed by atoms with Crippen LogP contribution in [0.5, 0.6) is 0 Å². The molecule has 0 saturated carbocycles. The molecule has 1 aliphatic heterocycles. The van der Waals surface area contributed by atoms with Crippen LogP contribution in [0.3, 0.4) is 0 Å². The van der Waals surface area contributed by atoms with Crippen LogP contribution in [0.2, 0.25) is 0 Å². The summed E-state index contributed by atoms with van der Waals surface area (Å²) >= 11 is 0. The maximum absolute atomic E-state index is 4.47. The Balaban J connectivity index is 1.62. The predicted octanol–water partition coefficient (Wildman–Crippen LogP) is 8.32. The summed E-state index contributed by atoms with van der Waals surface area (Å²) in [6, 6.07) is 34.3. The molecule has 0 radical (unpaired) electrons. The largest absolute Gasteiger partial charge is 0.316 e. The van der Waals surface area contributed by atoms with E-state index in [1.165, 1.54) is 27.4 Å². The second kappa shape index (κ2) is 7.68. The SMILES string of the molecule is C=C1/C=C(n2c3ccccc3c3ccccc32)\C=C/N(c2cccc(C)c2)c2ccccc21. The molecule has 1 aromatic heterocycles. The first-order valence-electron chi connectivity index (χ1n) is 11.2. The average molecular weight is 425 g/mol. The van der Waals surface area contributed by atoms with Crippen LogP contribution in [-0.4, -0.2) is 4.57 Å². The fourth-order valence-corrected chi connectivity index (χ4v) is 4.83. The normalized spacial score (nSPS) is 16.2. The van der Waals surface area contributed by atoms with Gasteiger partial charge in [0.05, 0.1) is 16.7 Å². The number of hydrogen-bond donors (Lipinski definition) is 0. The second-order valence-electron chi connectivity index (χ2n) is 8.51. The summed E-state index contributed by atoms with van der Waals surface area (Å²) in [6.07, 6.45) is 6.57. The molecule has 158 valence electrons. The highest BCUT2D eigenvalue weighted by atomic mass is 15.1. The number of benzene rings is 4. The van der Waals surface area contributed by atoms with Gasteiger partial charge in [-0.3, -0.25) is 0 Å². The van der Waals surface area contributed by atoms with Crippen LogP contribution in [0.1, 0.15) is 11.1 Å². The van der Waals surface area contributed by atoms with Crippen molar-refractivity contribution in [2.75, 3.05) is 4.90 Å². The van der Waals surface area contributed by atoms with Crippen LogP contribution < -0.4 is 4.90 Å². The molecular formula is C31H24N2. The summed E-state index contributed by atoms with van der Waals surface area (Å²) in [6.45, 7) is 6.60. The van der Waals surface area contributed by atoms with Gasteiger partial charge in [-0.2, -0.15) is 0 Å². The molecule has 0 N–H and O–H groups in total. The molecule has 1 aliphatic rings. The van der Waals surface area contributed by atoms with Crippen LogP contribution in [0, 0.1) is 6.92 Å². The Hall–Kier alpha value is -4.30. The minimum absolute atomic E-state index is 0.990. The van der Waals surface area contributed by atoms with Crippen molar-refractivity contribution >= 4 is 44.5 Å². The summed E-state index contributed by atoms with van der Waals surface area (Å²) in [5.74, 6) is 0. The maximum atomic E-state index is 4.47. The van der Waals surface area contributed by atoms with Crippen LogP contribution >= 0.6 is 0 Å². The number of rotatable bonds is 2. The zero-order valence-corrected chi connectivity index (χ0v) is 18.6. The van der Waals surface area contributed by atoms with Gasteiger partial charge in [0, 0.05) is 33.9 Å². The molecule has 0 saturated heterocycles. The Bertz CT molecular complexity index is 1540. The van der Waals surface area contributed by atoms with E-state index in [9.17, 15) is 0 Å². The minimum atomic E-state index is 0.990. The lowest BCUT2D eigenvalue weighted by molar-refractivity contribution is 1.21. The zero-order valence-electron chi connectivity index (χ0n) is 18.6. The molecule has 33 heavy (non-hydrogen) atoms. The van der Waals surface area contributed by atoms with Gasteiger partial charge >= 0.3 is 0 Å². The number of hydrogen-bond acceptors (Lipinski definition) is 1. The fourth-order valence-electron chi connectivity index (χ4n) is 4.83. The van der Waals surface area contributed by atoms with E-state index >= 15 is 0 Å². The Morgan fingerprint density at radius 2 is 1.36 bits per heavy atom. The molecule has 0 spiro atoms. The maximum Gasteiger partial charge on any atom is 0.0541 e. The van der Waals surface area contributed by atoms with Gasteiger partial charge in [-0.1, -0.05) is 73.3 Å². The summed E-state index contributed by atoms with van der Waals surface area (Å²) in [4.78, 5) is 2.26. The lowest BCUT2D eigenvalue weighted by atomic mass is 10.0. The van der Waals surface area contributed by atoms with Gasteiger partial charge in [0.1, 0.15) is 0 Å². The molecule has 4 aromatic carbocycles. The van der Waals surface area contributed by atoms with E-state index in [0.717, 1.165) is 28.2 Å². The minimum Gasteiger partial charge on any atom is -0.316 e. The molecule has 0 bridgehead atoms. The molecular weight excluding hydrogens is 400 g/mol. The molecule has 0 atom stereocenters. The summed E-state index contributed by atoms with van der Waals surface area (Å²) in [7, 11) is 0. The summed E-state index contributed by atoms with van der Waals surface area (Å²) < 4.78 is 2.34. The van der Waals surface area contributed by atoms with Gasteiger partial charge in [-0.05, 0) is 60.5 Å². The number of aryl methyl sites for hydroxylation is 1. The first-order chi connectivity index (χ1) is 16.2. The van der Waals surface area contributed by atoms with Crippen molar-refractivity contribution in [2.24, 2.45) is 0 Å². The molecule has 2 heterocycles. The Morgan fingerprint density at radius 1 is 0.697 bits per heavy atom. The second-order valence-corrected chi connectivity index (χ2v) is 8.51. The standard InChI is InChI=1S/C31H24N2/c1-22-10-9-11-24(20-22)32-19-18-25(21-23(2)26-12-3-6-15-29(26)32)33-30-16-7-4-13-27(30)28-14-5-8-17-31(28)33/h3-21H,2H2,1H3/b19-18-,25-21+. The molecule has 0 aliphatic carbocycles. The number of fused-ring (bicyclic) bond motifs is 4. The third-order valence-electron chi connectivity index (χ3n) is 6.34. The highest BCUT2D eigenvalue weighted by molar-refractivity contribution is 6.11. The highest BCUT2D eigenvalue weighted by Crippen LogP contribution is 2.38. The van der Waals surface area contributed by atoms with Crippen LogP contribution in [-0.2, 0) is 0 Å². The average Bonchev–Trinajstić information content (AvgIpc) is 3.17. The Morgan fingerprint density at radius 3 is 2.09 bits per heavy atom. The van der Waals surface area contributed by atoms with Gasteiger partial charge in [0.15, 0.2) is 0 Å². The predicted molar refractivity (Wildman–Crippen MR) is 142 cm³/mol. The number of para-hydroxylation sites is 3. The van der Waals surface area contributed by atoms with Crippen LogP contribution in [0.4, 0.5) is 11.4 Å². The van der Waals surface area contributed by atoms with Gasteiger partial charge < -0.3 is 9.47 Å². The smallest absolute Gasteiger partial charge is 0.0541 e. The molecule has 5 aromatic rings. The van der Waals surface area contributed by atoms with E-state index in [2.05, 4.69) is 138 Å². The third kappa shape index (κ3) is 3.19. The van der Waals surface area contributed by atoms with Gasteiger partial charge in [-0.25, -0.2) is 0 Å². The topological polar surface area (TPSA) is 8.17 Å². The van der Waals surface area contributed by atoms with Crippen molar-refractivity contribution in [3.8, 4) is 0 Å². The lowest BCUT2D eigenvalue weighted by Gasteiger charge is -2.26. The van der Waals surface area contributed by atoms with Gasteiger partial charge in [-0.15, -0.1) is 0 Å². The van der Waals surface area contributed by atoms with Crippen molar-refractivity contribution < 1.29 is 0 Å². The number of anilines is 2.